The Kier molecular flexibility index (Phi) is 8.03. The highest BCUT2D eigenvalue weighted by Gasteiger charge is 2.29. The van der Waals surface area contributed by atoms with Crippen LogP contribution in [0.1, 0.15) is 53.4 Å². The monoisotopic (exact) mass is 229 g/mol. The van der Waals surface area contributed by atoms with E-state index in [2.05, 4.69) is 25.8 Å². The normalized spacial score (nSPS) is 25.9. The highest BCUT2D eigenvalue weighted by Crippen LogP contribution is 2.30. The van der Waals surface area contributed by atoms with Gasteiger partial charge >= 0.3 is 0 Å². The molecule has 0 amide bonds. The second kappa shape index (κ2) is 8.09. The van der Waals surface area contributed by atoms with Crippen molar-refractivity contribution in [2.45, 2.75) is 53.4 Å². The maximum atomic E-state index is 5.47. The number of rotatable bonds is 3. The molecule has 0 aromatic carbocycles. The van der Waals surface area contributed by atoms with Gasteiger partial charge in [0.25, 0.3) is 0 Å². The van der Waals surface area contributed by atoms with E-state index in [0.29, 0.717) is 5.92 Å². The van der Waals surface area contributed by atoms with Gasteiger partial charge in [-0.05, 0) is 25.2 Å². The van der Waals surface area contributed by atoms with Crippen molar-refractivity contribution in [1.82, 2.24) is 4.90 Å². The molecule has 0 spiro atoms. The molecule has 1 nitrogen and oxygen atoms in total. The number of thiocarbonyl (C=S) groups is 1. The second-order valence-corrected chi connectivity index (χ2v) is 4.53. The number of hydrogen-bond donors (Lipinski definition) is 0. The Morgan fingerprint density at radius 2 is 1.93 bits per heavy atom. The molecule has 1 saturated heterocycles. The van der Waals surface area contributed by atoms with Gasteiger partial charge in [0.15, 0.2) is 0 Å². The Balaban J connectivity index is 0.000000921. The van der Waals surface area contributed by atoms with Gasteiger partial charge in [0.05, 0.1) is 4.99 Å². The van der Waals surface area contributed by atoms with Gasteiger partial charge in [-0.25, -0.2) is 0 Å². The van der Waals surface area contributed by atoms with Gasteiger partial charge < -0.3 is 4.90 Å². The third kappa shape index (κ3) is 4.10. The molecule has 1 rings (SSSR count). The summed E-state index contributed by atoms with van der Waals surface area (Å²) < 4.78 is 0. The van der Waals surface area contributed by atoms with Crippen LogP contribution in [0.3, 0.4) is 0 Å². The highest BCUT2D eigenvalue weighted by atomic mass is 32.1. The summed E-state index contributed by atoms with van der Waals surface area (Å²) in [5.74, 6) is 1.53. The van der Waals surface area contributed by atoms with Gasteiger partial charge in [0.2, 0.25) is 0 Å². The minimum Gasteiger partial charge on any atom is -0.369 e. The van der Waals surface area contributed by atoms with Crippen LogP contribution in [0.2, 0.25) is 0 Å². The molecule has 2 atom stereocenters. The molecule has 2 heteroatoms. The van der Waals surface area contributed by atoms with E-state index in [1.807, 2.05) is 13.8 Å². The minimum absolute atomic E-state index is 0.675. The average molecular weight is 229 g/mol. The van der Waals surface area contributed by atoms with Crippen molar-refractivity contribution in [1.29, 1.82) is 0 Å². The van der Waals surface area contributed by atoms with E-state index in [1.165, 1.54) is 37.2 Å². The van der Waals surface area contributed by atoms with Crippen LogP contribution in [0.25, 0.3) is 0 Å². The van der Waals surface area contributed by atoms with E-state index in [0.717, 1.165) is 5.92 Å². The smallest absolute Gasteiger partial charge is 0.0810 e. The van der Waals surface area contributed by atoms with E-state index in [4.69, 9.17) is 12.2 Å². The molecule has 0 bridgehead atoms. The molecule has 0 aliphatic carbocycles. The van der Waals surface area contributed by atoms with Crippen LogP contribution in [0, 0.1) is 11.8 Å². The summed E-state index contributed by atoms with van der Waals surface area (Å²) >= 11 is 5.47. The first kappa shape index (κ1) is 14.9. The molecule has 90 valence electrons. The van der Waals surface area contributed by atoms with E-state index in [9.17, 15) is 0 Å². The van der Waals surface area contributed by atoms with Crippen molar-refractivity contribution in [3.8, 4) is 0 Å². The van der Waals surface area contributed by atoms with Crippen molar-refractivity contribution in [3.05, 3.63) is 0 Å². The number of piperidine rings is 1. The standard InChI is InChI=1S/C11H21NS.C2H6/c1-4-6-9-7-8-12(3)11(13)10(9)5-2;1-2/h9-10H,4-8H2,1-3H3;1-2H3. The molecule has 15 heavy (non-hydrogen) atoms. The summed E-state index contributed by atoms with van der Waals surface area (Å²) in [4.78, 5) is 3.46. The first-order valence-electron chi connectivity index (χ1n) is 6.45. The third-order valence-corrected chi connectivity index (χ3v) is 3.81. The number of hydrogen-bond acceptors (Lipinski definition) is 1. The zero-order chi connectivity index (χ0) is 11.8. The quantitative estimate of drug-likeness (QED) is 0.670. The van der Waals surface area contributed by atoms with Crippen LogP contribution in [0.5, 0.6) is 0 Å². The predicted octanol–water partition coefficient (Wildman–Crippen LogP) is 4.12. The van der Waals surface area contributed by atoms with Crippen molar-refractivity contribution < 1.29 is 0 Å². The lowest BCUT2D eigenvalue weighted by Gasteiger charge is -2.38. The molecule has 0 aromatic rings. The van der Waals surface area contributed by atoms with Gasteiger partial charge in [-0.2, -0.15) is 0 Å². The lowest BCUT2D eigenvalue weighted by atomic mass is 9.81. The van der Waals surface area contributed by atoms with Crippen LogP contribution in [0.15, 0.2) is 0 Å². The molecule has 1 aliphatic rings. The lowest BCUT2D eigenvalue weighted by Crippen LogP contribution is -2.41. The fourth-order valence-corrected chi connectivity index (χ4v) is 2.83. The maximum absolute atomic E-state index is 5.47. The fraction of sp³-hybridized carbons (Fsp3) is 0.923. The number of nitrogens with zero attached hydrogens (tertiary/aromatic N) is 1. The van der Waals surface area contributed by atoms with Gasteiger partial charge in [-0.1, -0.05) is 46.3 Å². The van der Waals surface area contributed by atoms with E-state index in [1.54, 1.807) is 0 Å². The molecule has 2 unspecified atom stereocenters. The zero-order valence-corrected chi connectivity index (χ0v) is 11.9. The molecule has 1 heterocycles. The molecule has 0 radical (unpaired) electrons. The van der Waals surface area contributed by atoms with Gasteiger partial charge in [0, 0.05) is 19.5 Å². The topological polar surface area (TPSA) is 3.24 Å². The Morgan fingerprint density at radius 1 is 1.33 bits per heavy atom. The first-order valence-corrected chi connectivity index (χ1v) is 6.86. The highest BCUT2D eigenvalue weighted by molar-refractivity contribution is 7.80. The van der Waals surface area contributed by atoms with Crippen molar-refractivity contribution in [3.63, 3.8) is 0 Å². The third-order valence-electron chi connectivity index (χ3n) is 3.20. The average Bonchev–Trinajstić information content (AvgIpc) is 2.27. The summed E-state index contributed by atoms with van der Waals surface area (Å²) in [6.07, 6.45) is 5.21. The van der Waals surface area contributed by atoms with E-state index >= 15 is 0 Å². The molecular weight excluding hydrogens is 202 g/mol. The van der Waals surface area contributed by atoms with Crippen molar-refractivity contribution in [2.24, 2.45) is 11.8 Å². The summed E-state index contributed by atoms with van der Waals surface area (Å²) in [7, 11) is 2.13. The first-order chi connectivity index (χ1) is 7.20. The second-order valence-electron chi connectivity index (χ2n) is 4.11. The number of likely N-dealkylation sites (tertiary alicyclic amines) is 1. The maximum Gasteiger partial charge on any atom is 0.0810 e. The largest absolute Gasteiger partial charge is 0.369 e. The Bertz CT molecular complexity index is 179. The SMILES string of the molecule is CC.CCCC1CCN(C)C(=S)C1CC. The summed E-state index contributed by atoms with van der Waals surface area (Å²) in [6.45, 7) is 9.70. The van der Waals surface area contributed by atoms with Gasteiger partial charge in [0.1, 0.15) is 0 Å². The zero-order valence-electron chi connectivity index (χ0n) is 11.0. The lowest BCUT2D eigenvalue weighted by molar-refractivity contribution is 0.265. The van der Waals surface area contributed by atoms with Crippen LogP contribution in [-0.4, -0.2) is 23.5 Å². The van der Waals surface area contributed by atoms with Crippen LogP contribution in [0.4, 0.5) is 0 Å². The summed E-state index contributed by atoms with van der Waals surface area (Å²) in [5, 5.41) is 0. The summed E-state index contributed by atoms with van der Waals surface area (Å²) in [5.41, 5.74) is 0. The van der Waals surface area contributed by atoms with E-state index < -0.39 is 0 Å². The van der Waals surface area contributed by atoms with Crippen molar-refractivity contribution in [2.75, 3.05) is 13.6 Å². The van der Waals surface area contributed by atoms with E-state index in [-0.39, 0.29) is 0 Å². The van der Waals surface area contributed by atoms with Crippen LogP contribution >= 0.6 is 12.2 Å². The van der Waals surface area contributed by atoms with Crippen LogP contribution in [-0.2, 0) is 0 Å². The molecule has 0 saturated carbocycles. The molecular formula is C13H27NS. The van der Waals surface area contributed by atoms with Gasteiger partial charge in [-0.3, -0.25) is 0 Å². The van der Waals surface area contributed by atoms with Crippen molar-refractivity contribution >= 4 is 17.2 Å². The Morgan fingerprint density at radius 3 is 2.40 bits per heavy atom. The molecule has 0 N–H and O–H groups in total. The summed E-state index contributed by atoms with van der Waals surface area (Å²) in [6, 6.07) is 0. The minimum atomic E-state index is 0.675. The van der Waals surface area contributed by atoms with Gasteiger partial charge in [-0.15, -0.1) is 0 Å². The molecule has 0 aromatic heterocycles. The molecule has 1 fully saturated rings. The predicted molar refractivity (Wildman–Crippen MR) is 73.4 cm³/mol. The van der Waals surface area contributed by atoms with Crippen LogP contribution < -0.4 is 0 Å². The Hall–Kier alpha value is -0.110. The fourth-order valence-electron chi connectivity index (χ4n) is 2.38. The Labute approximate surface area is 101 Å². The molecule has 1 aliphatic heterocycles.